The van der Waals surface area contributed by atoms with Crippen LogP contribution >= 0.6 is 0 Å². The Kier molecular flexibility index (Phi) is 8.62. The SMILES string of the molecule is CCc1ccc(-c2ccccc2N(c2ccc3c(c2)-c2ccccc2C3(C)C)c2ccc3c(c2)C2(c4ccccc4-3)c3cc(C(C)(C)C)ccc3-c3ccc(C(C)(C)C)cc32)cc1. The van der Waals surface area contributed by atoms with E-state index in [4.69, 9.17) is 0 Å². The first kappa shape index (κ1) is 39.4. The van der Waals surface area contributed by atoms with Crippen molar-refractivity contribution >= 4 is 17.1 Å². The zero-order valence-electron chi connectivity index (χ0n) is 38.3. The predicted octanol–water partition coefficient (Wildman–Crippen LogP) is 16.6. The highest BCUT2D eigenvalue weighted by Gasteiger charge is 2.52. The van der Waals surface area contributed by atoms with E-state index < -0.39 is 5.41 Å². The van der Waals surface area contributed by atoms with Crippen LogP contribution in [0.2, 0.25) is 0 Å². The number of anilines is 3. The van der Waals surface area contributed by atoms with Crippen molar-refractivity contribution in [2.45, 2.75) is 90.4 Å². The molecule has 1 spiro atoms. The normalized spacial score (nSPS) is 14.7. The molecule has 0 bridgehead atoms. The number of benzene rings is 8. The van der Waals surface area contributed by atoms with Crippen LogP contribution in [-0.2, 0) is 28.1 Å². The minimum Gasteiger partial charge on any atom is -0.310 e. The Morgan fingerprint density at radius 1 is 0.397 bits per heavy atom. The molecule has 3 aliphatic carbocycles. The summed E-state index contributed by atoms with van der Waals surface area (Å²) in [7, 11) is 0. The first-order chi connectivity index (χ1) is 30.2. The highest BCUT2D eigenvalue weighted by Crippen LogP contribution is 2.64. The van der Waals surface area contributed by atoms with E-state index in [0.717, 1.165) is 23.5 Å². The molecule has 0 unspecified atom stereocenters. The van der Waals surface area contributed by atoms with E-state index in [9.17, 15) is 0 Å². The molecule has 0 aromatic heterocycles. The average Bonchev–Trinajstić information content (AvgIpc) is 3.83. The van der Waals surface area contributed by atoms with Crippen LogP contribution in [0.1, 0.15) is 112 Å². The van der Waals surface area contributed by atoms with E-state index in [1.807, 2.05) is 0 Å². The van der Waals surface area contributed by atoms with Crippen LogP contribution in [0.15, 0.2) is 170 Å². The van der Waals surface area contributed by atoms with Gasteiger partial charge >= 0.3 is 0 Å². The molecule has 0 saturated carbocycles. The van der Waals surface area contributed by atoms with Gasteiger partial charge in [-0.1, -0.05) is 202 Å². The molecule has 0 N–H and O–H groups in total. The average molecular weight is 816 g/mol. The molecule has 0 fully saturated rings. The van der Waals surface area contributed by atoms with Crippen molar-refractivity contribution in [3.8, 4) is 44.5 Å². The van der Waals surface area contributed by atoms with Gasteiger partial charge in [-0.3, -0.25) is 0 Å². The highest BCUT2D eigenvalue weighted by atomic mass is 15.1. The lowest BCUT2D eigenvalue weighted by Crippen LogP contribution is -2.27. The second kappa shape index (κ2) is 13.8. The van der Waals surface area contributed by atoms with Crippen LogP contribution in [0, 0.1) is 0 Å². The fourth-order valence-electron chi connectivity index (χ4n) is 11.4. The van der Waals surface area contributed by atoms with Crippen molar-refractivity contribution in [2.75, 3.05) is 4.90 Å². The van der Waals surface area contributed by atoms with Gasteiger partial charge in [-0.15, -0.1) is 0 Å². The maximum absolute atomic E-state index is 2.56. The smallest absolute Gasteiger partial charge is 0.0726 e. The molecule has 8 aromatic rings. The Balaban J connectivity index is 1.22. The summed E-state index contributed by atoms with van der Waals surface area (Å²) in [6.07, 6.45) is 1.01. The first-order valence-corrected chi connectivity index (χ1v) is 23.0. The topological polar surface area (TPSA) is 3.24 Å². The summed E-state index contributed by atoms with van der Waals surface area (Å²) >= 11 is 0. The van der Waals surface area contributed by atoms with Gasteiger partial charge in [-0.25, -0.2) is 0 Å². The third-order valence-electron chi connectivity index (χ3n) is 14.8. The quantitative estimate of drug-likeness (QED) is 0.167. The molecule has 1 nitrogen and oxygen atoms in total. The number of nitrogens with zero attached hydrogens (tertiary/aromatic N) is 1. The third kappa shape index (κ3) is 5.75. The van der Waals surface area contributed by atoms with Crippen LogP contribution < -0.4 is 4.90 Å². The van der Waals surface area contributed by atoms with E-state index in [1.165, 1.54) is 94.6 Å². The van der Waals surface area contributed by atoms with Gasteiger partial charge in [0.1, 0.15) is 0 Å². The van der Waals surface area contributed by atoms with Crippen molar-refractivity contribution in [1.82, 2.24) is 0 Å². The second-order valence-electron chi connectivity index (χ2n) is 20.8. The molecule has 3 aliphatic rings. The fraction of sp³-hybridized carbons (Fsp3) is 0.226. The molecule has 1 heteroatoms. The number of fused-ring (bicyclic) bond motifs is 13. The molecule has 310 valence electrons. The minimum absolute atomic E-state index is 0.0129. The zero-order chi connectivity index (χ0) is 43.6. The molecule has 8 aromatic carbocycles. The fourth-order valence-corrected chi connectivity index (χ4v) is 11.4. The Morgan fingerprint density at radius 2 is 0.857 bits per heavy atom. The molecule has 0 amide bonds. The second-order valence-corrected chi connectivity index (χ2v) is 20.8. The maximum Gasteiger partial charge on any atom is 0.0726 e. The molecule has 11 rings (SSSR count). The van der Waals surface area contributed by atoms with E-state index in [0.29, 0.717) is 0 Å². The van der Waals surface area contributed by atoms with Gasteiger partial charge in [0.05, 0.1) is 11.1 Å². The van der Waals surface area contributed by atoms with Crippen LogP contribution in [0.25, 0.3) is 44.5 Å². The van der Waals surface area contributed by atoms with Crippen molar-refractivity contribution in [3.63, 3.8) is 0 Å². The van der Waals surface area contributed by atoms with Crippen LogP contribution in [0.5, 0.6) is 0 Å². The summed E-state index contributed by atoms with van der Waals surface area (Å²) in [6.45, 7) is 21.0. The van der Waals surface area contributed by atoms with Gasteiger partial charge in [0.15, 0.2) is 0 Å². The highest BCUT2D eigenvalue weighted by molar-refractivity contribution is 5.98. The zero-order valence-corrected chi connectivity index (χ0v) is 38.3. The van der Waals surface area contributed by atoms with E-state index >= 15 is 0 Å². The lowest BCUT2D eigenvalue weighted by atomic mass is 9.68. The number of rotatable bonds is 5. The summed E-state index contributed by atoms with van der Waals surface area (Å²) in [5.74, 6) is 0. The Bertz CT molecular complexity index is 3080. The molecular weight excluding hydrogens is 759 g/mol. The molecule has 0 aliphatic heterocycles. The van der Waals surface area contributed by atoms with Crippen molar-refractivity contribution in [2.24, 2.45) is 0 Å². The van der Waals surface area contributed by atoms with Crippen LogP contribution in [-0.4, -0.2) is 0 Å². The van der Waals surface area contributed by atoms with E-state index in [1.54, 1.807) is 0 Å². The van der Waals surface area contributed by atoms with Gasteiger partial charge in [0.2, 0.25) is 0 Å². The molecule has 0 heterocycles. The van der Waals surface area contributed by atoms with Crippen LogP contribution in [0.3, 0.4) is 0 Å². The molecule has 0 radical (unpaired) electrons. The summed E-state index contributed by atoms with van der Waals surface area (Å²) in [5.41, 5.74) is 25.5. The van der Waals surface area contributed by atoms with Gasteiger partial charge in [-0.05, 0) is 137 Å². The standard InChI is InChI=1S/C62H57N/c1-10-39-23-25-40(26-24-39)45-17-13-16-22-58(45)63(43-30-34-53-51(37-43)47-19-11-14-20-52(47)61(53,8)9)44-29-33-50-46-18-12-15-21-54(46)62(57(50)38-44)55-35-41(59(2,3)4)27-31-48(55)49-32-28-42(36-56(49)62)60(5,6)7/h11-38H,10H2,1-9H3. The minimum atomic E-state index is -0.503. The summed E-state index contributed by atoms with van der Waals surface area (Å²) in [5, 5.41) is 0. The number of aryl methyl sites for hydroxylation is 1. The lowest BCUT2D eigenvalue weighted by Gasteiger charge is -2.34. The number of hydrogen-bond acceptors (Lipinski definition) is 1. The Labute approximate surface area is 375 Å². The molecule has 63 heavy (non-hydrogen) atoms. The van der Waals surface area contributed by atoms with Crippen molar-refractivity contribution < 1.29 is 0 Å². The Morgan fingerprint density at radius 3 is 1.46 bits per heavy atom. The summed E-state index contributed by atoms with van der Waals surface area (Å²) in [6, 6.07) is 65.7. The third-order valence-corrected chi connectivity index (χ3v) is 14.8. The van der Waals surface area contributed by atoms with Crippen molar-refractivity contribution in [1.29, 1.82) is 0 Å². The number of para-hydroxylation sites is 1. The summed E-state index contributed by atoms with van der Waals surface area (Å²) in [4.78, 5) is 2.54. The monoisotopic (exact) mass is 815 g/mol. The maximum atomic E-state index is 2.56. The first-order valence-electron chi connectivity index (χ1n) is 23.0. The molecule has 0 saturated heterocycles. The van der Waals surface area contributed by atoms with Gasteiger partial charge in [0, 0.05) is 22.4 Å². The molecular formula is C62H57N. The Hall–Kier alpha value is -6.44. The predicted molar refractivity (Wildman–Crippen MR) is 267 cm³/mol. The lowest BCUT2D eigenvalue weighted by molar-refractivity contribution is 0.586. The van der Waals surface area contributed by atoms with Crippen molar-refractivity contribution in [3.05, 3.63) is 220 Å². The van der Waals surface area contributed by atoms with E-state index in [2.05, 4.69) is 237 Å². The van der Waals surface area contributed by atoms with Crippen LogP contribution in [0.4, 0.5) is 17.1 Å². The van der Waals surface area contributed by atoms with Gasteiger partial charge < -0.3 is 4.90 Å². The van der Waals surface area contributed by atoms with Gasteiger partial charge in [-0.2, -0.15) is 0 Å². The largest absolute Gasteiger partial charge is 0.310 e. The molecule has 0 atom stereocenters. The van der Waals surface area contributed by atoms with E-state index in [-0.39, 0.29) is 16.2 Å². The number of hydrogen-bond donors (Lipinski definition) is 0. The summed E-state index contributed by atoms with van der Waals surface area (Å²) < 4.78 is 0. The van der Waals surface area contributed by atoms with Gasteiger partial charge in [0.25, 0.3) is 0 Å².